The smallest absolute Gasteiger partial charge is 0.309 e. The van der Waals surface area contributed by atoms with E-state index in [4.69, 9.17) is 9.84 Å². The third kappa shape index (κ3) is 2.87. The van der Waals surface area contributed by atoms with Crippen molar-refractivity contribution in [3.63, 3.8) is 0 Å². The van der Waals surface area contributed by atoms with Crippen LogP contribution in [0.4, 0.5) is 4.39 Å². The maximum absolute atomic E-state index is 13.0. The van der Waals surface area contributed by atoms with Crippen LogP contribution in [-0.2, 0) is 11.2 Å². The van der Waals surface area contributed by atoms with Gasteiger partial charge in [-0.15, -0.1) is 0 Å². The van der Waals surface area contributed by atoms with Crippen molar-refractivity contribution in [1.29, 1.82) is 0 Å². The predicted molar refractivity (Wildman–Crippen MR) is 59.7 cm³/mol. The number of phenolic OH excluding ortho intramolecular Hbond substituents is 1. The lowest BCUT2D eigenvalue weighted by Crippen LogP contribution is -2.26. The van der Waals surface area contributed by atoms with Crippen LogP contribution in [0.2, 0.25) is 0 Å². The van der Waals surface area contributed by atoms with Gasteiger partial charge in [-0.1, -0.05) is 0 Å². The van der Waals surface area contributed by atoms with Crippen molar-refractivity contribution in [3.05, 3.63) is 23.5 Å². The minimum Gasteiger partial charge on any atom is -0.507 e. The second-order valence-corrected chi connectivity index (χ2v) is 4.47. The van der Waals surface area contributed by atoms with Gasteiger partial charge in [-0.25, -0.2) is 4.39 Å². The molecule has 0 aliphatic carbocycles. The quantitative estimate of drug-likeness (QED) is 0.849. The van der Waals surface area contributed by atoms with Gasteiger partial charge in [0.15, 0.2) is 0 Å². The second kappa shape index (κ2) is 4.61. The van der Waals surface area contributed by atoms with Gasteiger partial charge >= 0.3 is 5.97 Å². The highest BCUT2D eigenvalue weighted by Gasteiger charge is 2.30. The number of benzene rings is 1. The molecule has 0 spiro atoms. The van der Waals surface area contributed by atoms with Gasteiger partial charge in [-0.3, -0.25) is 4.79 Å². The first-order valence-corrected chi connectivity index (χ1v) is 5.06. The SMILES string of the molecule is COc1cc(F)cc(O)c1CC(C)(C)C(=O)O. The lowest BCUT2D eigenvalue weighted by atomic mass is 9.85. The van der Waals surface area contributed by atoms with E-state index < -0.39 is 17.2 Å². The number of phenols is 1. The minimum atomic E-state index is -1.07. The summed E-state index contributed by atoms with van der Waals surface area (Å²) >= 11 is 0. The number of carboxylic acids is 1. The van der Waals surface area contributed by atoms with Crippen molar-refractivity contribution in [2.75, 3.05) is 7.11 Å². The molecule has 0 radical (unpaired) electrons. The molecule has 1 rings (SSSR count). The topological polar surface area (TPSA) is 66.8 Å². The Bertz CT molecular complexity index is 440. The Morgan fingerprint density at radius 3 is 2.53 bits per heavy atom. The van der Waals surface area contributed by atoms with Crippen molar-refractivity contribution in [2.24, 2.45) is 5.41 Å². The zero-order chi connectivity index (χ0) is 13.2. The Hall–Kier alpha value is -1.78. The molecule has 0 amide bonds. The first-order chi connectivity index (χ1) is 7.77. The summed E-state index contributed by atoms with van der Waals surface area (Å²) in [4.78, 5) is 11.0. The molecule has 17 heavy (non-hydrogen) atoms. The molecule has 2 N–H and O–H groups in total. The molecule has 0 fully saturated rings. The average Bonchev–Trinajstić information content (AvgIpc) is 2.21. The van der Waals surface area contributed by atoms with Crippen molar-refractivity contribution in [2.45, 2.75) is 20.3 Å². The molecule has 0 saturated carbocycles. The van der Waals surface area contributed by atoms with Gasteiger partial charge in [-0.2, -0.15) is 0 Å². The predicted octanol–water partition coefficient (Wildman–Crippen LogP) is 2.19. The van der Waals surface area contributed by atoms with E-state index in [0.717, 1.165) is 12.1 Å². The van der Waals surface area contributed by atoms with Gasteiger partial charge < -0.3 is 14.9 Å². The van der Waals surface area contributed by atoms with E-state index in [9.17, 15) is 14.3 Å². The zero-order valence-electron chi connectivity index (χ0n) is 9.95. The molecule has 1 aromatic rings. The third-order valence-electron chi connectivity index (χ3n) is 2.57. The number of methoxy groups -OCH3 is 1. The largest absolute Gasteiger partial charge is 0.507 e. The van der Waals surface area contributed by atoms with E-state index in [1.807, 2.05) is 0 Å². The summed E-state index contributed by atoms with van der Waals surface area (Å²) in [6.07, 6.45) is 0.0532. The fourth-order valence-corrected chi connectivity index (χ4v) is 1.48. The summed E-state index contributed by atoms with van der Waals surface area (Å²) in [6, 6.07) is 2.06. The van der Waals surface area contributed by atoms with Crippen LogP contribution in [0.15, 0.2) is 12.1 Å². The third-order valence-corrected chi connectivity index (χ3v) is 2.57. The summed E-state index contributed by atoms with van der Waals surface area (Å²) in [6.45, 7) is 3.05. The normalized spacial score (nSPS) is 11.3. The van der Waals surface area contributed by atoms with Crippen LogP contribution in [0.25, 0.3) is 0 Å². The van der Waals surface area contributed by atoms with Crippen molar-refractivity contribution in [1.82, 2.24) is 0 Å². The maximum atomic E-state index is 13.0. The highest BCUT2D eigenvalue weighted by molar-refractivity contribution is 5.74. The number of carboxylic acid groups (broad SMARTS) is 1. The van der Waals surface area contributed by atoms with Crippen LogP contribution >= 0.6 is 0 Å². The first-order valence-electron chi connectivity index (χ1n) is 5.06. The number of ether oxygens (including phenoxy) is 1. The van der Waals surface area contributed by atoms with Crippen molar-refractivity contribution in [3.8, 4) is 11.5 Å². The number of hydrogen-bond acceptors (Lipinski definition) is 3. The zero-order valence-corrected chi connectivity index (χ0v) is 9.95. The van der Waals surface area contributed by atoms with Crippen LogP contribution in [0, 0.1) is 11.2 Å². The molecule has 0 atom stereocenters. The number of hydrogen-bond donors (Lipinski definition) is 2. The molecule has 5 heteroatoms. The van der Waals surface area contributed by atoms with E-state index in [0.29, 0.717) is 5.56 Å². The monoisotopic (exact) mass is 242 g/mol. The van der Waals surface area contributed by atoms with Crippen LogP contribution in [-0.4, -0.2) is 23.3 Å². The molecule has 0 bridgehead atoms. The second-order valence-electron chi connectivity index (χ2n) is 4.47. The van der Waals surface area contributed by atoms with E-state index in [1.54, 1.807) is 0 Å². The van der Waals surface area contributed by atoms with Crippen LogP contribution in [0.3, 0.4) is 0 Å². The molecule has 0 aliphatic rings. The Morgan fingerprint density at radius 2 is 2.06 bits per heavy atom. The lowest BCUT2D eigenvalue weighted by Gasteiger charge is -2.21. The van der Waals surface area contributed by atoms with Crippen LogP contribution < -0.4 is 4.74 Å². The van der Waals surface area contributed by atoms with E-state index in [1.165, 1.54) is 21.0 Å². The maximum Gasteiger partial charge on any atom is 0.309 e. The summed E-state index contributed by atoms with van der Waals surface area (Å²) in [5.74, 6) is -1.77. The van der Waals surface area contributed by atoms with Crippen molar-refractivity contribution < 1.29 is 24.1 Å². The summed E-state index contributed by atoms with van der Waals surface area (Å²) < 4.78 is 18.0. The van der Waals surface area contributed by atoms with Gasteiger partial charge in [0.25, 0.3) is 0 Å². The Labute approximate surface area is 98.7 Å². The summed E-state index contributed by atoms with van der Waals surface area (Å²) in [5, 5.41) is 18.7. The molecule has 4 nitrogen and oxygen atoms in total. The van der Waals surface area contributed by atoms with E-state index in [2.05, 4.69) is 0 Å². The summed E-state index contributed by atoms with van der Waals surface area (Å²) in [7, 11) is 1.34. The van der Waals surface area contributed by atoms with E-state index in [-0.39, 0.29) is 17.9 Å². The first kappa shape index (κ1) is 13.3. The Balaban J connectivity index is 3.18. The minimum absolute atomic E-state index is 0.0532. The Morgan fingerprint density at radius 1 is 1.47 bits per heavy atom. The fourth-order valence-electron chi connectivity index (χ4n) is 1.48. The van der Waals surface area contributed by atoms with Crippen LogP contribution in [0.1, 0.15) is 19.4 Å². The lowest BCUT2D eigenvalue weighted by molar-refractivity contribution is -0.146. The number of halogens is 1. The van der Waals surface area contributed by atoms with Gasteiger partial charge in [0.05, 0.1) is 12.5 Å². The molecular weight excluding hydrogens is 227 g/mol. The van der Waals surface area contributed by atoms with Gasteiger partial charge in [0.2, 0.25) is 0 Å². The molecule has 0 aromatic heterocycles. The van der Waals surface area contributed by atoms with Crippen LogP contribution in [0.5, 0.6) is 11.5 Å². The number of carbonyl (C=O) groups is 1. The molecule has 0 saturated heterocycles. The molecule has 0 unspecified atom stereocenters. The molecule has 0 heterocycles. The van der Waals surface area contributed by atoms with Gasteiger partial charge in [0, 0.05) is 17.7 Å². The fraction of sp³-hybridized carbons (Fsp3) is 0.417. The highest BCUT2D eigenvalue weighted by Crippen LogP contribution is 2.35. The Kier molecular flexibility index (Phi) is 3.60. The highest BCUT2D eigenvalue weighted by atomic mass is 19.1. The average molecular weight is 242 g/mol. The molecule has 1 aromatic carbocycles. The number of aliphatic carboxylic acids is 1. The number of aromatic hydroxyl groups is 1. The van der Waals surface area contributed by atoms with Gasteiger partial charge in [-0.05, 0) is 20.3 Å². The standard InChI is InChI=1S/C12H15FO4/c1-12(2,11(15)16)6-8-9(14)4-7(13)5-10(8)17-3/h4-5,14H,6H2,1-3H3,(H,15,16). The number of rotatable bonds is 4. The van der Waals surface area contributed by atoms with Gasteiger partial charge in [0.1, 0.15) is 17.3 Å². The molecule has 94 valence electrons. The molecule has 0 aliphatic heterocycles. The molecular formula is C12H15FO4. The van der Waals surface area contributed by atoms with E-state index >= 15 is 0 Å². The summed E-state index contributed by atoms with van der Waals surface area (Å²) in [5.41, 5.74) is -0.774. The van der Waals surface area contributed by atoms with Crippen molar-refractivity contribution >= 4 is 5.97 Å².